The number of rotatable bonds is 7. The summed E-state index contributed by atoms with van der Waals surface area (Å²) >= 11 is 6.05. The van der Waals surface area contributed by atoms with E-state index in [1.807, 2.05) is 18.2 Å². The Labute approximate surface area is 131 Å². The van der Waals surface area contributed by atoms with Gasteiger partial charge in [0.05, 0.1) is 24.0 Å². The number of methoxy groups -OCH3 is 1. The summed E-state index contributed by atoms with van der Waals surface area (Å²) in [5.74, 6) is 2.18. The summed E-state index contributed by atoms with van der Waals surface area (Å²) in [7, 11) is 3.84. The third-order valence-electron chi connectivity index (χ3n) is 4.17. The maximum atomic E-state index is 6.05. The minimum Gasteiger partial charge on any atom is -0.497 e. The van der Waals surface area contributed by atoms with Crippen LogP contribution in [0.5, 0.6) is 5.75 Å². The minimum absolute atomic E-state index is 0.421. The number of nitrogens with zero attached hydrogens (tertiary/aromatic N) is 3. The first-order chi connectivity index (χ1) is 10.1. The first-order valence-corrected chi connectivity index (χ1v) is 7.93. The van der Waals surface area contributed by atoms with Crippen molar-refractivity contribution in [3.8, 4) is 5.75 Å². The number of likely N-dealkylation sites (N-methyl/N-ethyl adjacent to an activating group) is 1. The van der Waals surface area contributed by atoms with Crippen LogP contribution in [0.3, 0.4) is 0 Å². The van der Waals surface area contributed by atoms with E-state index in [0.29, 0.717) is 11.9 Å². The van der Waals surface area contributed by atoms with Crippen molar-refractivity contribution in [2.45, 2.75) is 38.7 Å². The summed E-state index contributed by atoms with van der Waals surface area (Å²) in [4.78, 5) is 6.97. The van der Waals surface area contributed by atoms with Crippen LogP contribution in [0.1, 0.15) is 26.1 Å². The summed E-state index contributed by atoms with van der Waals surface area (Å²) in [5, 5.41) is 0. The molecular formula is C16H24ClN3O. The maximum absolute atomic E-state index is 6.05. The Bertz CT molecular complexity index is 596. The molecule has 0 N–H and O–H groups in total. The standard InChI is InChI=1S/C16H24ClN3O/c1-5-12(2)19(3)8-9-20-15-10-13(21-4)6-7-14(15)18-16(20)11-17/h6-7,10,12H,5,8-9,11H2,1-4H3. The molecule has 1 atom stereocenters. The third-order valence-corrected chi connectivity index (χ3v) is 4.41. The molecule has 0 radical (unpaired) electrons. The molecule has 4 nitrogen and oxygen atoms in total. The monoisotopic (exact) mass is 309 g/mol. The first-order valence-electron chi connectivity index (χ1n) is 7.40. The van der Waals surface area contributed by atoms with Crippen molar-refractivity contribution in [1.29, 1.82) is 0 Å². The van der Waals surface area contributed by atoms with Gasteiger partial charge >= 0.3 is 0 Å². The molecule has 0 fully saturated rings. The highest BCUT2D eigenvalue weighted by molar-refractivity contribution is 6.16. The van der Waals surface area contributed by atoms with E-state index >= 15 is 0 Å². The van der Waals surface area contributed by atoms with Gasteiger partial charge in [-0.05, 0) is 32.5 Å². The number of halogens is 1. The molecule has 116 valence electrons. The number of benzene rings is 1. The van der Waals surface area contributed by atoms with Gasteiger partial charge in [-0.2, -0.15) is 0 Å². The van der Waals surface area contributed by atoms with E-state index < -0.39 is 0 Å². The molecule has 21 heavy (non-hydrogen) atoms. The second-order valence-electron chi connectivity index (χ2n) is 5.41. The third kappa shape index (κ3) is 3.50. The van der Waals surface area contributed by atoms with E-state index in [9.17, 15) is 0 Å². The van der Waals surface area contributed by atoms with Crippen molar-refractivity contribution in [2.75, 3.05) is 20.7 Å². The maximum Gasteiger partial charge on any atom is 0.124 e. The van der Waals surface area contributed by atoms with Crippen LogP contribution in [0.4, 0.5) is 0 Å². The van der Waals surface area contributed by atoms with Gasteiger partial charge in [0.25, 0.3) is 0 Å². The zero-order chi connectivity index (χ0) is 15.4. The van der Waals surface area contributed by atoms with Crippen LogP contribution in [0.15, 0.2) is 18.2 Å². The predicted octanol–water partition coefficient (Wildman–Crippen LogP) is 3.51. The van der Waals surface area contributed by atoms with Gasteiger partial charge in [-0.3, -0.25) is 0 Å². The summed E-state index contributed by atoms with van der Waals surface area (Å²) in [6.45, 7) is 6.31. The lowest BCUT2D eigenvalue weighted by Crippen LogP contribution is -2.31. The average molecular weight is 310 g/mol. The van der Waals surface area contributed by atoms with E-state index in [4.69, 9.17) is 16.3 Å². The molecule has 0 aliphatic carbocycles. The lowest BCUT2D eigenvalue weighted by Gasteiger charge is -2.24. The Hall–Kier alpha value is -1.26. The number of hydrogen-bond donors (Lipinski definition) is 0. The molecule has 0 amide bonds. The number of ether oxygens (including phenoxy) is 1. The largest absolute Gasteiger partial charge is 0.497 e. The van der Waals surface area contributed by atoms with Gasteiger partial charge in [-0.1, -0.05) is 6.92 Å². The van der Waals surface area contributed by atoms with Crippen LogP contribution >= 0.6 is 11.6 Å². The lowest BCUT2D eigenvalue weighted by atomic mass is 10.2. The molecule has 1 aromatic carbocycles. The summed E-state index contributed by atoms with van der Waals surface area (Å²) in [6, 6.07) is 6.53. The van der Waals surface area contributed by atoms with Crippen LogP contribution in [-0.2, 0) is 12.4 Å². The number of aromatic nitrogens is 2. The summed E-state index contributed by atoms with van der Waals surface area (Å²) in [5.41, 5.74) is 2.06. The Morgan fingerprint density at radius 1 is 1.43 bits per heavy atom. The van der Waals surface area contributed by atoms with E-state index in [0.717, 1.165) is 42.1 Å². The van der Waals surface area contributed by atoms with E-state index in [2.05, 4.69) is 35.3 Å². The molecule has 1 aromatic heterocycles. The Morgan fingerprint density at radius 3 is 2.81 bits per heavy atom. The van der Waals surface area contributed by atoms with Crippen molar-refractivity contribution in [1.82, 2.24) is 14.5 Å². The van der Waals surface area contributed by atoms with Crippen molar-refractivity contribution >= 4 is 22.6 Å². The van der Waals surface area contributed by atoms with Crippen LogP contribution in [-0.4, -0.2) is 41.2 Å². The second-order valence-corrected chi connectivity index (χ2v) is 5.67. The van der Waals surface area contributed by atoms with Crippen molar-refractivity contribution < 1.29 is 4.74 Å². The fourth-order valence-corrected chi connectivity index (χ4v) is 2.62. The summed E-state index contributed by atoms with van der Waals surface area (Å²) in [6.07, 6.45) is 1.15. The van der Waals surface area contributed by atoms with Crippen LogP contribution < -0.4 is 4.74 Å². The van der Waals surface area contributed by atoms with Crippen LogP contribution in [0.25, 0.3) is 11.0 Å². The number of fused-ring (bicyclic) bond motifs is 1. The van der Waals surface area contributed by atoms with Gasteiger partial charge in [-0.25, -0.2) is 4.98 Å². The second kappa shape index (κ2) is 7.14. The normalized spacial score (nSPS) is 13.0. The fraction of sp³-hybridized carbons (Fsp3) is 0.562. The molecule has 1 heterocycles. The van der Waals surface area contributed by atoms with Gasteiger partial charge in [0, 0.05) is 25.2 Å². The molecule has 0 bridgehead atoms. The highest BCUT2D eigenvalue weighted by atomic mass is 35.5. The zero-order valence-electron chi connectivity index (χ0n) is 13.3. The SMILES string of the molecule is CCC(C)N(C)CCn1c(CCl)nc2ccc(OC)cc21. The Morgan fingerprint density at radius 2 is 2.19 bits per heavy atom. The zero-order valence-corrected chi connectivity index (χ0v) is 14.0. The van der Waals surface area contributed by atoms with E-state index in [1.165, 1.54) is 0 Å². The highest BCUT2D eigenvalue weighted by Crippen LogP contribution is 2.23. The van der Waals surface area contributed by atoms with Crippen LogP contribution in [0, 0.1) is 0 Å². The average Bonchev–Trinajstić information content (AvgIpc) is 2.88. The summed E-state index contributed by atoms with van der Waals surface area (Å²) < 4.78 is 7.52. The van der Waals surface area contributed by atoms with E-state index in [1.54, 1.807) is 7.11 Å². The van der Waals surface area contributed by atoms with E-state index in [-0.39, 0.29) is 0 Å². The Balaban J connectivity index is 2.28. The van der Waals surface area contributed by atoms with Crippen molar-refractivity contribution in [3.05, 3.63) is 24.0 Å². The van der Waals surface area contributed by atoms with Crippen molar-refractivity contribution in [3.63, 3.8) is 0 Å². The Kier molecular flexibility index (Phi) is 5.48. The fourth-order valence-electron chi connectivity index (χ4n) is 2.42. The molecule has 2 rings (SSSR count). The number of alkyl halides is 1. The van der Waals surface area contributed by atoms with Gasteiger partial charge in [-0.15, -0.1) is 11.6 Å². The molecule has 2 aromatic rings. The predicted molar refractivity (Wildman–Crippen MR) is 88.2 cm³/mol. The molecular weight excluding hydrogens is 286 g/mol. The van der Waals surface area contributed by atoms with Gasteiger partial charge < -0.3 is 14.2 Å². The molecule has 0 saturated carbocycles. The topological polar surface area (TPSA) is 30.3 Å². The molecule has 0 spiro atoms. The van der Waals surface area contributed by atoms with Gasteiger partial charge in [0.1, 0.15) is 11.6 Å². The highest BCUT2D eigenvalue weighted by Gasteiger charge is 2.13. The molecule has 5 heteroatoms. The van der Waals surface area contributed by atoms with Crippen LogP contribution in [0.2, 0.25) is 0 Å². The quantitative estimate of drug-likeness (QED) is 0.733. The van der Waals surface area contributed by atoms with Crippen molar-refractivity contribution in [2.24, 2.45) is 0 Å². The molecule has 0 aliphatic heterocycles. The minimum atomic E-state index is 0.421. The van der Waals surface area contributed by atoms with Gasteiger partial charge in [0.2, 0.25) is 0 Å². The molecule has 0 aliphatic rings. The lowest BCUT2D eigenvalue weighted by molar-refractivity contribution is 0.243. The molecule has 0 saturated heterocycles. The number of imidazole rings is 1. The van der Waals surface area contributed by atoms with Gasteiger partial charge in [0.15, 0.2) is 0 Å². The smallest absolute Gasteiger partial charge is 0.124 e. The first kappa shape index (κ1) is 16.1. The molecule has 1 unspecified atom stereocenters. The number of hydrogen-bond acceptors (Lipinski definition) is 3.